The second-order valence-electron chi connectivity index (χ2n) is 8.25. The van der Waals surface area contributed by atoms with Gasteiger partial charge in [-0.15, -0.1) is 0 Å². The van der Waals surface area contributed by atoms with Crippen molar-refractivity contribution >= 4 is 9.84 Å². The van der Waals surface area contributed by atoms with Gasteiger partial charge in [0.2, 0.25) is 0 Å². The van der Waals surface area contributed by atoms with Crippen LogP contribution in [0.1, 0.15) is 50.0 Å². The van der Waals surface area contributed by atoms with Crippen LogP contribution in [-0.4, -0.2) is 44.0 Å². The van der Waals surface area contributed by atoms with Crippen molar-refractivity contribution in [2.24, 2.45) is 5.41 Å². The number of hydrogen-bond donors (Lipinski definition) is 0. The number of benzene rings is 1. The van der Waals surface area contributed by atoms with Crippen LogP contribution in [0.5, 0.6) is 0 Å². The maximum Gasteiger partial charge on any atom is 0.159 e. The molecule has 2 heterocycles. The Morgan fingerprint density at radius 1 is 0.960 bits per heavy atom. The van der Waals surface area contributed by atoms with Crippen molar-refractivity contribution in [3.8, 4) is 0 Å². The number of hydrogen-bond acceptors (Lipinski definition) is 3. The molecule has 0 N–H and O–H groups in total. The van der Waals surface area contributed by atoms with Gasteiger partial charge in [0.25, 0.3) is 0 Å². The molecule has 1 aromatic rings. The average molecular weight is 369 g/mol. The molecule has 1 aliphatic carbocycles. The van der Waals surface area contributed by atoms with Crippen LogP contribution in [0.4, 0.5) is 8.78 Å². The summed E-state index contributed by atoms with van der Waals surface area (Å²) in [5, 5.41) is 0. The molecule has 0 aromatic heterocycles. The zero-order chi connectivity index (χ0) is 17.7. The summed E-state index contributed by atoms with van der Waals surface area (Å²) < 4.78 is 49.5. The van der Waals surface area contributed by atoms with Gasteiger partial charge in [-0.3, -0.25) is 0 Å². The van der Waals surface area contributed by atoms with Crippen molar-refractivity contribution in [2.75, 3.05) is 24.6 Å². The van der Waals surface area contributed by atoms with Crippen molar-refractivity contribution in [3.05, 3.63) is 35.4 Å². The van der Waals surface area contributed by atoms with E-state index in [1.807, 2.05) is 0 Å². The molecule has 1 aromatic carbocycles. The molecule has 4 rings (SSSR count). The molecule has 0 unspecified atom stereocenters. The largest absolute Gasteiger partial charge is 0.300 e. The van der Waals surface area contributed by atoms with Gasteiger partial charge in [0, 0.05) is 11.5 Å². The number of piperidine rings is 1. The Labute approximate surface area is 148 Å². The standard InChI is InChI=1S/C19H25F2NO2S/c20-17-6-3-15(11-18(17)21)14-1-4-16(5-2-14)22-9-7-19(8-10-22)12-25(23,24)13-19/h3,6,11,14,16H,1-2,4-5,7-10,12-13H2. The van der Waals surface area contributed by atoms with Crippen LogP contribution in [-0.2, 0) is 9.84 Å². The zero-order valence-electron chi connectivity index (χ0n) is 14.4. The first-order valence-electron chi connectivity index (χ1n) is 9.25. The normalized spacial score (nSPS) is 31.6. The van der Waals surface area contributed by atoms with Crippen LogP contribution in [0.25, 0.3) is 0 Å². The summed E-state index contributed by atoms with van der Waals surface area (Å²) in [7, 11) is -2.75. The van der Waals surface area contributed by atoms with Gasteiger partial charge in [-0.05, 0) is 75.2 Å². The summed E-state index contributed by atoms with van der Waals surface area (Å²) in [5.74, 6) is -0.443. The van der Waals surface area contributed by atoms with Gasteiger partial charge in [0.1, 0.15) is 0 Å². The van der Waals surface area contributed by atoms with Crippen LogP contribution < -0.4 is 0 Å². The topological polar surface area (TPSA) is 37.4 Å². The lowest BCUT2D eigenvalue weighted by atomic mass is 9.78. The number of rotatable bonds is 2. The van der Waals surface area contributed by atoms with Crippen molar-refractivity contribution in [2.45, 2.75) is 50.5 Å². The van der Waals surface area contributed by atoms with E-state index in [9.17, 15) is 17.2 Å². The highest BCUT2D eigenvalue weighted by molar-refractivity contribution is 7.92. The second kappa shape index (κ2) is 6.31. The Morgan fingerprint density at radius 2 is 1.60 bits per heavy atom. The summed E-state index contributed by atoms with van der Waals surface area (Å²) in [5.41, 5.74) is 0.979. The van der Waals surface area contributed by atoms with Gasteiger partial charge >= 0.3 is 0 Å². The first kappa shape index (κ1) is 17.4. The van der Waals surface area contributed by atoms with Crippen molar-refractivity contribution in [1.29, 1.82) is 0 Å². The molecule has 0 atom stereocenters. The Morgan fingerprint density at radius 3 is 2.16 bits per heavy atom. The van der Waals surface area contributed by atoms with E-state index >= 15 is 0 Å². The minimum Gasteiger partial charge on any atom is -0.300 e. The second-order valence-corrected chi connectivity index (χ2v) is 10.3. The van der Waals surface area contributed by atoms with E-state index in [4.69, 9.17) is 0 Å². The molecular weight excluding hydrogens is 344 g/mol. The fraction of sp³-hybridized carbons (Fsp3) is 0.684. The van der Waals surface area contributed by atoms with E-state index in [-0.39, 0.29) is 5.41 Å². The van der Waals surface area contributed by atoms with Gasteiger partial charge in [-0.2, -0.15) is 0 Å². The number of halogens is 2. The number of nitrogens with zero attached hydrogens (tertiary/aromatic N) is 1. The summed E-state index contributed by atoms with van der Waals surface area (Å²) in [6.45, 7) is 1.99. The fourth-order valence-electron chi connectivity index (χ4n) is 5.08. The monoisotopic (exact) mass is 369 g/mol. The highest BCUT2D eigenvalue weighted by Crippen LogP contribution is 2.44. The molecule has 1 spiro atoms. The minimum absolute atomic E-state index is 0.0676. The molecule has 3 nitrogen and oxygen atoms in total. The van der Waals surface area contributed by atoms with E-state index in [0.717, 1.165) is 57.2 Å². The lowest BCUT2D eigenvalue weighted by Gasteiger charge is -2.49. The highest BCUT2D eigenvalue weighted by atomic mass is 32.2. The van der Waals surface area contributed by atoms with Crippen molar-refractivity contribution in [3.63, 3.8) is 0 Å². The third-order valence-electron chi connectivity index (χ3n) is 6.54. The molecule has 1 saturated carbocycles. The van der Waals surface area contributed by atoms with Crippen LogP contribution in [0, 0.1) is 17.0 Å². The van der Waals surface area contributed by atoms with E-state index in [0.29, 0.717) is 23.5 Å². The maximum absolute atomic E-state index is 13.4. The molecule has 138 valence electrons. The van der Waals surface area contributed by atoms with E-state index in [1.165, 1.54) is 12.1 Å². The predicted octanol–water partition coefficient (Wildman–Crippen LogP) is 3.50. The third-order valence-corrected chi connectivity index (χ3v) is 8.64. The Balaban J connectivity index is 1.30. The molecule has 2 saturated heterocycles. The average Bonchev–Trinajstić information content (AvgIpc) is 2.57. The summed E-state index contributed by atoms with van der Waals surface area (Å²) >= 11 is 0. The number of likely N-dealkylation sites (tertiary alicyclic amines) is 1. The SMILES string of the molecule is O=S1(=O)CC2(CCN(C3CCC(c4ccc(F)c(F)c4)CC3)CC2)C1. The van der Waals surface area contributed by atoms with Crippen LogP contribution >= 0.6 is 0 Å². The smallest absolute Gasteiger partial charge is 0.159 e. The molecule has 3 aliphatic rings. The van der Waals surface area contributed by atoms with Crippen molar-refractivity contribution < 1.29 is 17.2 Å². The molecule has 25 heavy (non-hydrogen) atoms. The maximum atomic E-state index is 13.4. The Kier molecular flexibility index (Phi) is 4.39. The van der Waals surface area contributed by atoms with Gasteiger partial charge in [-0.1, -0.05) is 6.07 Å². The molecular formula is C19H25F2NO2S. The molecule has 0 amide bonds. The summed E-state index contributed by atoms with van der Waals surface area (Å²) in [6.07, 6.45) is 6.16. The third kappa shape index (κ3) is 3.47. The molecule has 0 bridgehead atoms. The van der Waals surface area contributed by atoms with Gasteiger partial charge in [0.15, 0.2) is 21.5 Å². The van der Waals surface area contributed by atoms with Gasteiger partial charge in [0.05, 0.1) is 11.5 Å². The Hall–Kier alpha value is -1.01. The van der Waals surface area contributed by atoms with Crippen LogP contribution in [0.15, 0.2) is 18.2 Å². The minimum atomic E-state index is -2.75. The molecule has 6 heteroatoms. The first-order chi connectivity index (χ1) is 11.9. The summed E-state index contributed by atoms with van der Waals surface area (Å²) in [4.78, 5) is 2.53. The molecule has 0 radical (unpaired) electrons. The fourth-order valence-corrected chi connectivity index (χ4v) is 7.44. The lowest BCUT2D eigenvalue weighted by molar-refractivity contribution is 0.0696. The van der Waals surface area contributed by atoms with Crippen molar-refractivity contribution in [1.82, 2.24) is 4.90 Å². The van der Waals surface area contributed by atoms with E-state index < -0.39 is 21.5 Å². The number of sulfone groups is 1. The lowest BCUT2D eigenvalue weighted by Crippen LogP contribution is -2.56. The first-order valence-corrected chi connectivity index (χ1v) is 11.1. The van der Waals surface area contributed by atoms with E-state index in [2.05, 4.69) is 4.90 Å². The summed E-state index contributed by atoms with van der Waals surface area (Å²) in [6, 6.07) is 4.84. The zero-order valence-corrected chi connectivity index (χ0v) is 15.2. The quantitative estimate of drug-likeness (QED) is 0.801. The van der Waals surface area contributed by atoms with Gasteiger partial charge in [-0.25, -0.2) is 17.2 Å². The van der Waals surface area contributed by atoms with Crippen LogP contribution in [0.2, 0.25) is 0 Å². The predicted molar refractivity (Wildman–Crippen MR) is 93.2 cm³/mol. The molecule has 3 fully saturated rings. The van der Waals surface area contributed by atoms with Crippen LogP contribution in [0.3, 0.4) is 0 Å². The van der Waals surface area contributed by atoms with E-state index in [1.54, 1.807) is 6.07 Å². The Bertz CT molecular complexity index is 735. The highest BCUT2D eigenvalue weighted by Gasteiger charge is 2.50. The molecule has 2 aliphatic heterocycles. The van der Waals surface area contributed by atoms with Gasteiger partial charge < -0.3 is 4.90 Å².